The summed E-state index contributed by atoms with van der Waals surface area (Å²) in [5.41, 5.74) is 2.71. The lowest BCUT2D eigenvalue weighted by Gasteiger charge is -2.36. The molecule has 4 nitrogen and oxygen atoms in total. The van der Waals surface area contributed by atoms with Crippen LogP contribution in [0.3, 0.4) is 0 Å². The van der Waals surface area contributed by atoms with Gasteiger partial charge < -0.3 is 4.74 Å². The topological polar surface area (TPSA) is 60.4 Å². The van der Waals surface area contributed by atoms with Gasteiger partial charge in [-0.1, -0.05) is 97.9 Å². The summed E-state index contributed by atoms with van der Waals surface area (Å²) < 4.78 is 4.82. The normalized spacial score (nSPS) is 13.4. The minimum absolute atomic E-state index is 0.00978. The van der Waals surface area contributed by atoms with E-state index < -0.39 is 28.2 Å². The summed E-state index contributed by atoms with van der Waals surface area (Å²) in [7, 11) is 0. The van der Waals surface area contributed by atoms with Gasteiger partial charge in [-0.05, 0) is 44.4 Å². The first-order valence-electron chi connectivity index (χ1n) is 13.1. The maximum Gasteiger partial charge on any atom is 0.307 e. The number of carbonyl (C=O) groups excluding carboxylic acids is 3. The summed E-state index contributed by atoms with van der Waals surface area (Å²) in [4.78, 5) is 38.2. The van der Waals surface area contributed by atoms with Crippen LogP contribution in [-0.2, 0) is 23.9 Å². The van der Waals surface area contributed by atoms with Gasteiger partial charge in [0.1, 0.15) is 17.2 Å². The number of ether oxygens (including phenoxy) is 1. The van der Waals surface area contributed by atoms with Gasteiger partial charge in [-0.25, -0.2) is 0 Å². The van der Waals surface area contributed by atoms with E-state index in [-0.39, 0.29) is 24.4 Å². The van der Waals surface area contributed by atoms with Gasteiger partial charge in [-0.15, -0.1) is 11.8 Å². The van der Waals surface area contributed by atoms with E-state index in [0.717, 1.165) is 16.7 Å². The van der Waals surface area contributed by atoms with E-state index >= 15 is 0 Å². The minimum Gasteiger partial charge on any atom is -0.460 e. The lowest BCUT2D eigenvalue weighted by atomic mass is 9.84. The molecule has 0 unspecified atom stereocenters. The summed E-state index contributed by atoms with van der Waals surface area (Å²) in [6.45, 7) is 8.70. The molecule has 0 saturated heterocycles. The third-order valence-electron chi connectivity index (χ3n) is 6.51. The molecule has 0 aromatic heterocycles. The molecule has 200 valence electrons. The summed E-state index contributed by atoms with van der Waals surface area (Å²) in [6.07, 6.45) is 0.108. The molecule has 3 rings (SSSR count). The van der Waals surface area contributed by atoms with Crippen molar-refractivity contribution in [1.82, 2.24) is 0 Å². The Morgan fingerprint density at radius 1 is 0.737 bits per heavy atom. The first-order valence-corrected chi connectivity index (χ1v) is 14.1. The zero-order valence-electron chi connectivity index (χ0n) is 23.0. The largest absolute Gasteiger partial charge is 0.460 e. The summed E-state index contributed by atoms with van der Waals surface area (Å²) in [5, 5.41) is 0. The fraction of sp³-hybridized carbons (Fsp3) is 0.364. The van der Waals surface area contributed by atoms with Gasteiger partial charge in [0.25, 0.3) is 0 Å². The Morgan fingerprint density at radius 3 is 1.53 bits per heavy atom. The predicted molar refractivity (Wildman–Crippen MR) is 155 cm³/mol. The average Bonchev–Trinajstić information content (AvgIpc) is 2.88. The van der Waals surface area contributed by atoms with Crippen molar-refractivity contribution in [2.75, 3.05) is 5.75 Å². The highest BCUT2D eigenvalue weighted by Crippen LogP contribution is 2.49. The van der Waals surface area contributed by atoms with Gasteiger partial charge in [0.05, 0.1) is 11.2 Å². The fourth-order valence-electron chi connectivity index (χ4n) is 4.51. The molecule has 3 aromatic rings. The van der Waals surface area contributed by atoms with Crippen LogP contribution >= 0.6 is 11.8 Å². The molecule has 0 spiro atoms. The number of rotatable bonds is 12. The van der Waals surface area contributed by atoms with Crippen molar-refractivity contribution < 1.29 is 19.1 Å². The van der Waals surface area contributed by atoms with Gasteiger partial charge >= 0.3 is 5.97 Å². The number of esters is 1. The second-order valence-electron chi connectivity index (χ2n) is 10.8. The molecular formula is C33H38O4S. The van der Waals surface area contributed by atoms with Crippen molar-refractivity contribution in [2.45, 2.75) is 57.8 Å². The Balaban J connectivity index is 1.90. The fourth-order valence-corrected chi connectivity index (χ4v) is 6.22. The van der Waals surface area contributed by atoms with Crippen LogP contribution in [0.15, 0.2) is 91.0 Å². The van der Waals surface area contributed by atoms with Crippen LogP contribution in [0.25, 0.3) is 0 Å². The minimum atomic E-state index is -0.603. The van der Waals surface area contributed by atoms with Crippen molar-refractivity contribution in [1.29, 1.82) is 0 Å². The van der Waals surface area contributed by atoms with Gasteiger partial charge in [0.15, 0.2) is 0 Å². The first kappa shape index (κ1) is 29.4. The second kappa shape index (κ2) is 13.1. The summed E-state index contributed by atoms with van der Waals surface area (Å²) in [5.74, 6) is -1.05. The standard InChI is InChI=1S/C33H38O4S/c1-24(21-31(36)37-32(3,4)5)30(35)22-26(25(2)34)23-38-33(27-15-9-6-10-16-27,28-17-11-7-12-18-28)29-19-13-8-14-20-29/h6-20,24,26H,21-23H2,1-5H3/t24-,26-/m0/s1. The van der Waals surface area contributed by atoms with Crippen molar-refractivity contribution in [3.63, 3.8) is 0 Å². The summed E-state index contributed by atoms with van der Waals surface area (Å²) in [6, 6.07) is 30.9. The average molecular weight is 531 g/mol. The Bertz CT molecular complexity index is 1100. The molecule has 0 amide bonds. The first-order chi connectivity index (χ1) is 18.0. The van der Waals surface area contributed by atoms with E-state index in [9.17, 15) is 14.4 Å². The number of carbonyl (C=O) groups is 3. The molecule has 0 heterocycles. The molecule has 0 fully saturated rings. The van der Waals surface area contributed by atoms with Gasteiger partial charge in [-0.2, -0.15) is 0 Å². The number of hydrogen-bond acceptors (Lipinski definition) is 5. The molecule has 2 atom stereocenters. The van der Waals surface area contributed by atoms with E-state index in [1.165, 1.54) is 0 Å². The van der Waals surface area contributed by atoms with E-state index in [4.69, 9.17) is 4.74 Å². The molecule has 0 saturated carbocycles. The molecule has 0 N–H and O–H groups in total. The SMILES string of the molecule is CC(=O)[C@H](CSC(c1ccccc1)(c1ccccc1)c1ccccc1)CC(=O)[C@@H](C)CC(=O)OC(C)(C)C. The number of benzene rings is 3. The van der Waals surface area contributed by atoms with Gasteiger partial charge in [0.2, 0.25) is 0 Å². The molecule has 0 aliphatic heterocycles. The lowest BCUT2D eigenvalue weighted by molar-refractivity contribution is -0.157. The highest BCUT2D eigenvalue weighted by Gasteiger charge is 2.38. The molecule has 0 radical (unpaired) electrons. The van der Waals surface area contributed by atoms with Crippen LogP contribution < -0.4 is 0 Å². The maximum absolute atomic E-state index is 13.1. The Kier molecular flexibility index (Phi) is 10.1. The van der Waals surface area contributed by atoms with Crippen LogP contribution in [0.5, 0.6) is 0 Å². The van der Waals surface area contributed by atoms with Crippen molar-refractivity contribution >= 4 is 29.3 Å². The highest BCUT2D eigenvalue weighted by molar-refractivity contribution is 8.00. The predicted octanol–water partition coefficient (Wildman–Crippen LogP) is 7.24. The molecule has 5 heteroatoms. The monoisotopic (exact) mass is 530 g/mol. The second-order valence-corrected chi connectivity index (χ2v) is 12.0. The van der Waals surface area contributed by atoms with Crippen LogP contribution in [0, 0.1) is 11.8 Å². The Hall–Kier alpha value is -3.18. The number of hydrogen-bond donors (Lipinski definition) is 0. The molecule has 3 aromatic carbocycles. The van der Waals surface area contributed by atoms with Gasteiger partial charge in [-0.3, -0.25) is 14.4 Å². The highest BCUT2D eigenvalue weighted by atomic mass is 32.2. The smallest absolute Gasteiger partial charge is 0.307 e. The van der Waals surface area contributed by atoms with E-state index in [1.54, 1.807) is 46.4 Å². The quantitative estimate of drug-likeness (QED) is 0.182. The van der Waals surface area contributed by atoms with Crippen LogP contribution in [0.4, 0.5) is 0 Å². The van der Waals surface area contributed by atoms with Crippen molar-refractivity contribution in [2.24, 2.45) is 11.8 Å². The number of thioether (sulfide) groups is 1. The third-order valence-corrected chi connectivity index (χ3v) is 8.22. The summed E-state index contributed by atoms with van der Waals surface area (Å²) >= 11 is 1.68. The van der Waals surface area contributed by atoms with E-state index in [0.29, 0.717) is 5.75 Å². The van der Waals surface area contributed by atoms with Crippen LogP contribution in [0.1, 0.15) is 64.2 Å². The van der Waals surface area contributed by atoms with Gasteiger partial charge in [0, 0.05) is 24.0 Å². The molecule has 0 aliphatic carbocycles. The molecule has 0 aliphatic rings. The Morgan fingerprint density at radius 2 is 1.16 bits per heavy atom. The number of Topliss-reactive ketones (excluding diaryl/α,β-unsaturated/α-hetero) is 2. The zero-order chi connectivity index (χ0) is 27.8. The maximum atomic E-state index is 13.1. The van der Waals surface area contributed by atoms with Crippen molar-refractivity contribution in [3.05, 3.63) is 108 Å². The van der Waals surface area contributed by atoms with Crippen LogP contribution in [-0.4, -0.2) is 28.9 Å². The zero-order valence-corrected chi connectivity index (χ0v) is 23.8. The third kappa shape index (κ3) is 7.67. The van der Waals surface area contributed by atoms with Crippen LogP contribution in [0.2, 0.25) is 0 Å². The molecular weight excluding hydrogens is 492 g/mol. The van der Waals surface area contributed by atoms with E-state index in [1.807, 2.05) is 54.6 Å². The molecule has 0 bridgehead atoms. The Labute approximate surface area is 231 Å². The molecule has 38 heavy (non-hydrogen) atoms. The van der Waals surface area contributed by atoms with Crippen molar-refractivity contribution in [3.8, 4) is 0 Å². The number of ketones is 2. The van der Waals surface area contributed by atoms with E-state index in [2.05, 4.69) is 36.4 Å². The lowest BCUT2D eigenvalue weighted by Crippen LogP contribution is -2.30.